The zero-order valence-corrected chi connectivity index (χ0v) is 14.7. The molecule has 7 heteroatoms. The zero-order chi connectivity index (χ0) is 17.4. The van der Waals surface area contributed by atoms with Crippen LogP contribution in [0.5, 0.6) is 0 Å². The number of rotatable bonds is 3. The second-order valence-corrected chi connectivity index (χ2v) is 7.35. The number of likely N-dealkylation sites (N-methyl/N-ethyl adjacent to an activating group) is 1. The SMILES string of the molecule is CN1CCCC1C(=O)N1CCN(C(=O)c2cncnc2C2CC2)CC1. The van der Waals surface area contributed by atoms with Gasteiger partial charge in [0.25, 0.3) is 5.91 Å². The molecular formula is C18H25N5O2. The molecule has 1 atom stereocenters. The van der Waals surface area contributed by atoms with Gasteiger partial charge in [-0.25, -0.2) is 9.97 Å². The molecule has 25 heavy (non-hydrogen) atoms. The van der Waals surface area contributed by atoms with Crippen LogP contribution in [0.3, 0.4) is 0 Å². The van der Waals surface area contributed by atoms with E-state index >= 15 is 0 Å². The number of amides is 2. The molecule has 2 saturated heterocycles. The van der Waals surface area contributed by atoms with Gasteiger partial charge in [-0.2, -0.15) is 0 Å². The van der Waals surface area contributed by atoms with E-state index in [0.717, 1.165) is 37.9 Å². The summed E-state index contributed by atoms with van der Waals surface area (Å²) in [6.45, 7) is 3.38. The van der Waals surface area contributed by atoms with Crippen LogP contribution in [-0.2, 0) is 4.79 Å². The molecule has 134 valence electrons. The summed E-state index contributed by atoms with van der Waals surface area (Å²) in [6, 6.07) is 0.0197. The Morgan fingerprint density at radius 1 is 1.04 bits per heavy atom. The smallest absolute Gasteiger partial charge is 0.257 e. The lowest BCUT2D eigenvalue weighted by Gasteiger charge is -2.37. The molecule has 7 nitrogen and oxygen atoms in total. The normalized spacial score (nSPS) is 24.6. The summed E-state index contributed by atoms with van der Waals surface area (Å²) in [5.74, 6) is 0.643. The number of nitrogens with zero attached hydrogens (tertiary/aromatic N) is 5. The van der Waals surface area contributed by atoms with E-state index in [-0.39, 0.29) is 17.9 Å². The average molecular weight is 343 g/mol. The van der Waals surface area contributed by atoms with Crippen molar-refractivity contribution in [2.75, 3.05) is 39.8 Å². The summed E-state index contributed by atoms with van der Waals surface area (Å²) in [7, 11) is 2.02. The second-order valence-electron chi connectivity index (χ2n) is 7.35. The van der Waals surface area contributed by atoms with Crippen LogP contribution in [0.25, 0.3) is 0 Å². The Labute approximate surface area is 148 Å². The van der Waals surface area contributed by atoms with Crippen LogP contribution in [0, 0.1) is 0 Å². The maximum Gasteiger partial charge on any atom is 0.257 e. The van der Waals surface area contributed by atoms with Gasteiger partial charge in [-0.15, -0.1) is 0 Å². The molecule has 3 heterocycles. The first-order valence-electron chi connectivity index (χ1n) is 9.23. The van der Waals surface area contributed by atoms with Gasteiger partial charge in [-0.3, -0.25) is 14.5 Å². The van der Waals surface area contributed by atoms with Gasteiger partial charge in [0.05, 0.1) is 17.3 Å². The van der Waals surface area contributed by atoms with E-state index in [1.54, 1.807) is 6.20 Å². The monoisotopic (exact) mass is 343 g/mol. The van der Waals surface area contributed by atoms with Gasteiger partial charge >= 0.3 is 0 Å². The number of piperazine rings is 1. The first-order chi connectivity index (χ1) is 12.1. The van der Waals surface area contributed by atoms with Crippen molar-refractivity contribution >= 4 is 11.8 Å². The first kappa shape index (κ1) is 16.4. The van der Waals surface area contributed by atoms with E-state index in [2.05, 4.69) is 14.9 Å². The Balaban J connectivity index is 1.39. The van der Waals surface area contributed by atoms with E-state index in [1.165, 1.54) is 6.33 Å². The molecular weight excluding hydrogens is 318 g/mol. The lowest BCUT2D eigenvalue weighted by Crippen LogP contribution is -2.54. The van der Waals surface area contributed by atoms with Crippen molar-refractivity contribution in [1.82, 2.24) is 24.7 Å². The molecule has 2 amide bonds. The Morgan fingerprint density at radius 2 is 1.76 bits per heavy atom. The molecule has 4 rings (SSSR count). The van der Waals surface area contributed by atoms with Gasteiger partial charge in [0, 0.05) is 38.3 Å². The number of hydrogen-bond donors (Lipinski definition) is 0. The Morgan fingerprint density at radius 3 is 2.40 bits per heavy atom. The van der Waals surface area contributed by atoms with Gasteiger partial charge in [0.15, 0.2) is 0 Å². The van der Waals surface area contributed by atoms with E-state index < -0.39 is 0 Å². The van der Waals surface area contributed by atoms with Gasteiger partial charge in [0.2, 0.25) is 5.91 Å². The summed E-state index contributed by atoms with van der Waals surface area (Å²) >= 11 is 0. The molecule has 1 aromatic heterocycles. The second kappa shape index (κ2) is 6.71. The van der Waals surface area contributed by atoms with Crippen molar-refractivity contribution in [1.29, 1.82) is 0 Å². The molecule has 1 aromatic rings. The zero-order valence-electron chi connectivity index (χ0n) is 14.7. The van der Waals surface area contributed by atoms with Gasteiger partial charge in [0.1, 0.15) is 6.33 Å². The molecule has 0 N–H and O–H groups in total. The third kappa shape index (κ3) is 3.25. The summed E-state index contributed by atoms with van der Waals surface area (Å²) in [5, 5.41) is 0. The molecule has 1 saturated carbocycles. The van der Waals surface area contributed by atoms with Crippen LogP contribution in [0.4, 0.5) is 0 Å². The van der Waals surface area contributed by atoms with Crippen molar-refractivity contribution < 1.29 is 9.59 Å². The minimum absolute atomic E-state index is 0.00702. The summed E-state index contributed by atoms with van der Waals surface area (Å²) in [5.41, 5.74) is 1.53. The van der Waals surface area contributed by atoms with Crippen LogP contribution in [0.1, 0.15) is 47.7 Å². The maximum atomic E-state index is 12.9. The third-order valence-electron chi connectivity index (χ3n) is 5.62. The van der Waals surface area contributed by atoms with Gasteiger partial charge < -0.3 is 9.80 Å². The minimum Gasteiger partial charge on any atom is -0.338 e. The Hall–Kier alpha value is -2.02. The molecule has 3 aliphatic rings. The van der Waals surface area contributed by atoms with Crippen LogP contribution in [-0.4, -0.2) is 82.3 Å². The Kier molecular flexibility index (Phi) is 4.41. The molecule has 3 fully saturated rings. The first-order valence-corrected chi connectivity index (χ1v) is 9.23. The topological polar surface area (TPSA) is 69.6 Å². The molecule has 0 bridgehead atoms. The van der Waals surface area contributed by atoms with Crippen LogP contribution in [0.15, 0.2) is 12.5 Å². The summed E-state index contributed by atoms with van der Waals surface area (Å²) < 4.78 is 0. The van der Waals surface area contributed by atoms with Crippen molar-refractivity contribution in [3.05, 3.63) is 23.8 Å². The maximum absolute atomic E-state index is 12.9. The standard InChI is InChI=1S/C18H25N5O2/c1-21-6-2-3-15(21)18(25)23-9-7-22(8-10-23)17(24)14-11-19-12-20-16(14)13-4-5-13/h11-13,15H,2-10H2,1H3. The highest BCUT2D eigenvalue weighted by Gasteiger charge is 2.35. The molecule has 1 unspecified atom stereocenters. The van der Waals surface area contributed by atoms with E-state index in [9.17, 15) is 9.59 Å². The van der Waals surface area contributed by atoms with E-state index in [4.69, 9.17) is 0 Å². The fourth-order valence-electron chi connectivity index (χ4n) is 3.92. The molecule has 2 aliphatic heterocycles. The highest BCUT2D eigenvalue weighted by molar-refractivity contribution is 5.95. The third-order valence-corrected chi connectivity index (χ3v) is 5.62. The van der Waals surface area contributed by atoms with Crippen molar-refractivity contribution in [2.24, 2.45) is 0 Å². The predicted octanol–water partition coefficient (Wildman–Crippen LogP) is 0.733. The predicted molar refractivity (Wildman–Crippen MR) is 92.1 cm³/mol. The fourth-order valence-corrected chi connectivity index (χ4v) is 3.92. The van der Waals surface area contributed by atoms with Gasteiger partial charge in [-0.05, 0) is 39.3 Å². The van der Waals surface area contributed by atoms with Gasteiger partial charge in [-0.1, -0.05) is 0 Å². The van der Waals surface area contributed by atoms with Crippen molar-refractivity contribution in [3.8, 4) is 0 Å². The van der Waals surface area contributed by atoms with E-state index in [0.29, 0.717) is 37.7 Å². The summed E-state index contributed by atoms with van der Waals surface area (Å²) in [6.07, 6.45) is 7.42. The lowest BCUT2D eigenvalue weighted by molar-refractivity contribution is -0.137. The fraction of sp³-hybridized carbons (Fsp3) is 0.667. The minimum atomic E-state index is 0.00702. The quantitative estimate of drug-likeness (QED) is 0.809. The van der Waals surface area contributed by atoms with Crippen molar-refractivity contribution in [3.63, 3.8) is 0 Å². The lowest BCUT2D eigenvalue weighted by atomic mass is 10.1. The van der Waals surface area contributed by atoms with Crippen LogP contribution >= 0.6 is 0 Å². The summed E-state index contributed by atoms with van der Waals surface area (Å²) in [4.78, 5) is 39.8. The average Bonchev–Trinajstić information content (AvgIpc) is 3.41. The highest BCUT2D eigenvalue weighted by atomic mass is 16.2. The number of likely N-dealkylation sites (tertiary alicyclic amines) is 1. The number of hydrogen-bond acceptors (Lipinski definition) is 5. The Bertz CT molecular complexity index is 667. The number of aromatic nitrogens is 2. The highest BCUT2D eigenvalue weighted by Crippen LogP contribution is 2.40. The molecule has 0 radical (unpaired) electrons. The molecule has 1 aliphatic carbocycles. The number of carbonyl (C=O) groups is 2. The van der Waals surface area contributed by atoms with E-state index in [1.807, 2.05) is 16.8 Å². The number of carbonyl (C=O) groups excluding carboxylic acids is 2. The van der Waals surface area contributed by atoms with Crippen LogP contribution < -0.4 is 0 Å². The molecule has 0 aromatic carbocycles. The largest absolute Gasteiger partial charge is 0.338 e. The van der Waals surface area contributed by atoms with Crippen molar-refractivity contribution in [2.45, 2.75) is 37.6 Å². The molecule has 0 spiro atoms. The van der Waals surface area contributed by atoms with Crippen LogP contribution in [0.2, 0.25) is 0 Å².